The highest BCUT2D eigenvalue weighted by Crippen LogP contribution is 2.44. The third kappa shape index (κ3) is 6.91. The molecule has 0 radical (unpaired) electrons. The van der Waals surface area contributed by atoms with Crippen LogP contribution < -0.4 is 9.47 Å². The maximum absolute atomic E-state index is 15.7. The summed E-state index contributed by atoms with van der Waals surface area (Å²) in [6, 6.07) is 6.25. The first-order valence-electron chi connectivity index (χ1n) is 12.6. The number of piperidine rings is 1. The fourth-order valence-electron chi connectivity index (χ4n) is 5.22. The van der Waals surface area contributed by atoms with Crippen molar-refractivity contribution in [2.75, 3.05) is 33.4 Å². The number of aromatic nitrogens is 1. The number of carboxylic acids is 1. The van der Waals surface area contributed by atoms with Gasteiger partial charge in [0.15, 0.2) is 17.4 Å². The number of nitrogens with zero attached hydrogens (tertiary/aromatic N) is 2. The van der Waals surface area contributed by atoms with Gasteiger partial charge in [0.25, 0.3) is 0 Å². The lowest BCUT2D eigenvalue weighted by molar-refractivity contribution is -0.141. The summed E-state index contributed by atoms with van der Waals surface area (Å²) < 4.78 is 66.9. The molecule has 210 valence electrons. The summed E-state index contributed by atoms with van der Waals surface area (Å²) in [6.45, 7) is 1.33. The second-order valence-electron chi connectivity index (χ2n) is 9.87. The van der Waals surface area contributed by atoms with Crippen molar-refractivity contribution in [2.24, 2.45) is 5.41 Å². The number of carbonyl (C=O) groups is 1. The highest BCUT2D eigenvalue weighted by molar-refractivity contribution is 6.32. The molecule has 11 heteroatoms. The average Bonchev–Trinajstić information content (AvgIpc) is 2.89. The summed E-state index contributed by atoms with van der Waals surface area (Å²) in [5.74, 6) is -4.31. The number of hydrogen-bond acceptors (Lipinski definition) is 5. The van der Waals surface area contributed by atoms with Crippen molar-refractivity contribution in [3.63, 3.8) is 0 Å². The van der Waals surface area contributed by atoms with Gasteiger partial charge in [-0.15, -0.1) is 0 Å². The van der Waals surface area contributed by atoms with E-state index in [2.05, 4.69) is 4.98 Å². The van der Waals surface area contributed by atoms with Crippen molar-refractivity contribution in [2.45, 2.75) is 38.3 Å². The zero-order valence-electron chi connectivity index (χ0n) is 21.4. The third-order valence-corrected chi connectivity index (χ3v) is 7.67. The van der Waals surface area contributed by atoms with Crippen molar-refractivity contribution >= 4 is 28.5 Å². The van der Waals surface area contributed by atoms with Crippen molar-refractivity contribution in [1.82, 2.24) is 9.88 Å². The van der Waals surface area contributed by atoms with E-state index < -0.39 is 40.8 Å². The number of halogens is 5. The van der Waals surface area contributed by atoms with Gasteiger partial charge in [0.05, 0.1) is 24.1 Å². The number of fused-ring (bicyclic) bond motifs is 1. The molecular weight excluding hydrogens is 540 g/mol. The van der Waals surface area contributed by atoms with Crippen LogP contribution in [0.1, 0.15) is 43.8 Å². The molecule has 0 bridgehead atoms. The largest absolute Gasteiger partial charge is 0.497 e. The molecule has 1 aromatic heterocycles. The van der Waals surface area contributed by atoms with Crippen molar-refractivity contribution in [1.29, 1.82) is 0 Å². The first kappa shape index (κ1) is 28.9. The molecule has 0 aliphatic carbocycles. The SMILES string of the molecule is COc1ccc2ncc(Cl)c([C@@H](F)CCC3(CC(=O)O)CCN(CCOc4c(F)cc(F)cc4F)CC3)c2c1. The van der Waals surface area contributed by atoms with E-state index in [0.717, 1.165) is 0 Å². The molecule has 1 aliphatic heterocycles. The van der Waals surface area contributed by atoms with E-state index in [1.807, 2.05) is 4.90 Å². The summed E-state index contributed by atoms with van der Waals surface area (Å²) in [5, 5.41) is 10.3. The maximum atomic E-state index is 15.7. The fourth-order valence-corrected chi connectivity index (χ4v) is 5.49. The van der Waals surface area contributed by atoms with Gasteiger partial charge >= 0.3 is 5.97 Å². The lowest BCUT2D eigenvalue weighted by Gasteiger charge is -2.41. The van der Waals surface area contributed by atoms with Gasteiger partial charge in [-0.05, 0) is 62.4 Å². The Bertz CT molecular complexity index is 1310. The molecule has 1 aliphatic rings. The molecule has 2 aromatic carbocycles. The molecule has 2 heterocycles. The normalized spacial score (nSPS) is 16.3. The molecule has 0 spiro atoms. The smallest absolute Gasteiger partial charge is 0.303 e. The fraction of sp³-hybridized carbons (Fsp3) is 0.429. The summed E-state index contributed by atoms with van der Waals surface area (Å²) in [5.41, 5.74) is 0.269. The Morgan fingerprint density at radius 1 is 1.18 bits per heavy atom. The Kier molecular flexibility index (Phi) is 9.17. The Morgan fingerprint density at radius 2 is 1.87 bits per heavy atom. The minimum atomic E-state index is -1.44. The molecule has 1 atom stereocenters. The van der Waals surface area contributed by atoms with Gasteiger partial charge < -0.3 is 14.6 Å². The van der Waals surface area contributed by atoms with Gasteiger partial charge in [0, 0.05) is 35.8 Å². The van der Waals surface area contributed by atoms with Crippen LogP contribution >= 0.6 is 11.6 Å². The second-order valence-corrected chi connectivity index (χ2v) is 10.3. The van der Waals surface area contributed by atoms with E-state index in [0.29, 0.717) is 73.2 Å². The van der Waals surface area contributed by atoms with Gasteiger partial charge in [-0.3, -0.25) is 14.7 Å². The number of likely N-dealkylation sites (tertiary alicyclic amines) is 1. The van der Waals surface area contributed by atoms with E-state index >= 15 is 4.39 Å². The predicted octanol–water partition coefficient (Wildman–Crippen LogP) is 6.74. The monoisotopic (exact) mass is 568 g/mol. The lowest BCUT2D eigenvalue weighted by Crippen LogP contribution is -2.42. The molecule has 0 saturated carbocycles. The van der Waals surface area contributed by atoms with Gasteiger partial charge in [-0.1, -0.05) is 11.6 Å². The van der Waals surface area contributed by atoms with Gasteiger partial charge in [-0.25, -0.2) is 17.6 Å². The average molecular weight is 569 g/mol. The molecule has 1 N–H and O–H groups in total. The molecule has 6 nitrogen and oxygen atoms in total. The molecule has 1 fully saturated rings. The quantitative estimate of drug-likeness (QED) is 0.258. The predicted molar refractivity (Wildman–Crippen MR) is 139 cm³/mol. The van der Waals surface area contributed by atoms with Gasteiger partial charge in [-0.2, -0.15) is 0 Å². The number of ether oxygens (including phenoxy) is 2. The molecule has 1 saturated heterocycles. The van der Waals surface area contributed by atoms with Crippen LogP contribution in [0, 0.1) is 22.9 Å². The number of rotatable bonds is 11. The summed E-state index contributed by atoms with van der Waals surface area (Å²) in [4.78, 5) is 18.0. The second kappa shape index (κ2) is 12.4. The van der Waals surface area contributed by atoms with Crippen molar-refractivity contribution < 1.29 is 36.9 Å². The number of carboxylic acid groups (broad SMARTS) is 1. The number of benzene rings is 2. The molecule has 0 amide bonds. The van der Waals surface area contributed by atoms with E-state index in [9.17, 15) is 23.1 Å². The van der Waals surface area contributed by atoms with Crippen LogP contribution in [0.3, 0.4) is 0 Å². The molecule has 0 unspecified atom stereocenters. The summed E-state index contributed by atoms with van der Waals surface area (Å²) >= 11 is 6.35. The Morgan fingerprint density at radius 3 is 2.51 bits per heavy atom. The number of aliphatic carboxylic acids is 1. The van der Waals surface area contributed by atoms with E-state index in [1.54, 1.807) is 18.2 Å². The van der Waals surface area contributed by atoms with E-state index in [4.69, 9.17) is 21.1 Å². The van der Waals surface area contributed by atoms with E-state index in [-0.39, 0.29) is 24.5 Å². The van der Waals surface area contributed by atoms with Crippen LogP contribution in [0.2, 0.25) is 5.02 Å². The number of alkyl halides is 1. The zero-order chi connectivity index (χ0) is 28.2. The highest BCUT2D eigenvalue weighted by Gasteiger charge is 2.37. The van der Waals surface area contributed by atoms with Crippen molar-refractivity contribution in [3.8, 4) is 11.5 Å². The first-order valence-corrected chi connectivity index (χ1v) is 13.0. The third-order valence-electron chi connectivity index (χ3n) is 7.37. The zero-order valence-corrected chi connectivity index (χ0v) is 22.1. The lowest BCUT2D eigenvalue weighted by atomic mass is 9.71. The number of hydrogen-bond donors (Lipinski definition) is 1. The van der Waals surface area contributed by atoms with Crippen molar-refractivity contribution in [3.05, 3.63) is 64.6 Å². The molecule has 4 rings (SSSR count). The van der Waals surface area contributed by atoms with Gasteiger partial charge in [0.2, 0.25) is 0 Å². The Balaban J connectivity index is 1.39. The topological polar surface area (TPSA) is 71.9 Å². The maximum Gasteiger partial charge on any atom is 0.303 e. The van der Waals surface area contributed by atoms with E-state index in [1.165, 1.54) is 13.3 Å². The minimum absolute atomic E-state index is 0.0327. The van der Waals surface area contributed by atoms with Crippen LogP contribution in [-0.4, -0.2) is 54.3 Å². The van der Waals surface area contributed by atoms with Crippen LogP contribution in [0.15, 0.2) is 36.5 Å². The van der Waals surface area contributed by atoms with Gasteiger partial charge in [0.1, 0.15) is 24.3 Å². The standard InChI is InChI=1S/C28H29ClF4N2O4/c1-38-18-2-3-24-19(14-18)26(20(29)16-34-24)21(31)4-5-28(15-25(36)37)6-8-35(9-7-28)10-11-39-27-22(32)12-17(30)13-23(27)33/h2-3,12-14,16,21H,4-11,15H2,1H3,(H,36,37)/t21-/m0/s1. The number of pyridine rings is 1. The summed E-state index contributed by atoms with van der Waals surface area (Å²) in [7, 11) is 1.51. The molecule has 39 heavy (non-hydrogen) atoms. The molecule has 3 aromatic rings. The highest BCUT2D eigenvalue weighted by atomic mass is 35.5. The van der Waals surface area contributed by atoms with Crippen LogP contribution in [0.5, 0.6) is 11.5 Å². The minimum Gasteiger partial charge on any atom is -0.497 e. The first-order chi connectivity index (χ1) is 18.6. The van der Waals surface area contributed by atoms with Crippen LogP contribution in [-0.2, 0) is 4.79 Å². The number of methoxy groups -OCH3 is 1. The summed E-state index contributed by atoms with van der Waals surface area (Å²) in [6.07, 6.45) is 1.29. The Hall–Kier alpha value is -3.11. The van der Waals surface area contributed by atoms with Crippen LogP contribution in [0.4, 0.5) is 17.6 Å². The Labute approximate surface area is 228 Å². The van der Waals surface area contributed by atoms with Crippen LogP contribution in [0.25, 0.3) is 10.9 Å². The molecular formula is C28H29ClF4N2O4.